The van der Waals surface area contributed by atoms with Gasteiger partial charge in [0.15, 0.2) is 22.1 Å². The minimum absolute atomic E-state index is 0.0482. The van der Waals surface area contributed by atoms with E-state index in [0.29, 0.717) is 22.1 Å². The highest BCUT2D eigenvalue weighted by molar-refractivity contribution is 7.80. The first kappa shape index (κ1) is 15.2. The van der Waals surface area contributed by atoms with E-state index in [1.54, 1.807) is 30.6 Å². The van der Waals surface area contributed by atoms with Crippen LogP contribution in [0.5, 0.6) is 5.75 Å². The maximum atomic E-state index is 9.39. The highest BCUT2D eigenvalue weighted by Gasteiger charge is 2.21. The lowest BCUT2D eigenvalue weighted by Crippen LogP contribution is -2.17. The SMILES string of the molecule is Oc1ccc(Nc2nc(S)nc3c2ncn3C2CCCCO2)cc1. The molecule has 8 heteroatoms. The first-order valence-corrected chi connectivity index (χ1v) is 8.26. The summed E-state index contributed by atoms with van der Waals surface area (Å²) in [6.07, 6.45) is 4.85. The third-order valence-electron chi connectivity index (χ3n) is 4.01. The van der Waals surface area contributed by atoms with Crippen molar-refractivity contribution in [1.82, 2.24) is 19.5 Å². The van der Waals surface area contributed by atoms with Crippen LogP contribution < -0.4 is 5.32 Å². The third kappa shape index (κ3) is 2.90. The molecule has 124 valence electrons. The van der Waals surface area contributed by atoms with Crippen LogP contribution in [0.3, 0.4) is 0 Å². The monoisotopic (exact) mass is 343 g/mol. The molecule has 7 nitrogen and oxygen atoms in total. The second kappa shape index (κ2) is 6.29. The van der Waals surface area contributed by atoms with Crippen molar-refractivity contribution in [1.29, 1.82) is 0 Å². The minimum atomic E-state index is -0.0482. The van der Waals surface area contributed by atoms with Crippen molar-refractivity contribution in [3.63, 3.8) is 0 Å². The Labute approximate surface area is 144 Å². The molecule has 0 saturated carbocycles. The molecule has 2 aromatic heterocycles. The second-order valence-electron chi connectivity index (χ2n) is 5.69. The number of ether oxygens (including phenoxy) is 1. The summed E-state index contributed by atoms with van der Waals surface area (Å²) in [7, 11) is 0. The van der Waals surface area contributed by atoms with Crippen molar-refractivity contribution >= 4 is 35.3 Å². The molecule has 3 heterocycles. The van der Waals surface area contributed by atoms with Gasteiger partial charge in [0.1, 0.15) is 12.0 Å². The predicted octanol–water partition coefficient (Wildman–Crippen LogP) is 3.26. The molecule has 0 radical (unpaired) electrons. The van der Waals surface area contributed by atoms with Crippen LogP contribution in [-0.2, 0) is 4.74 Å². The summed E-state index contributed by atoms with van der Waals surface area (Å²) >= 11 is 4.31. The number of hydrogen-bond acceptors (Lipinski definition) is 7. The summed E-state index contributed by atoms with van der Waals surface area (Å²) < 4.78 is 7.77. The second-order valence-corrected chi connectivity index (χ2v) is 6.09. The van der Waals surface area contributed by atoms with Gasteiger partial charge in [-0.15, -0.1) is 12.6 Å². The van der Waals surface area contributed by atoms with Gasteiger partial charge in [-0.3, -0.25) is 4.57 Å². The van der Waals surface area contributed by atoms with Crippen LogP contribution in [0.2, 0.25) is 0 Å². The van der Waals surface area contributed by atoms with Crippen LogP contribution >= 0.6 is 12.6 Å². The Morgan fingerprint density at radius 1 is 1.21 bits per heavy atom. The summed E-state index contributed by atoms with van der Waals surface area (Å²) in [6.45, 7) is 0.752. The summed E-state index contributed by atoms with van der Waals surface area (Å²) in [5.74, 6) is 0.784. The number of thiol groups is 1. The van der Waals surface area contributed by atoms with Crippen LogP contribution in [0.25, 0.3) is 11.2 Å². The van der Waals surface area contributed by atoms with Gasteiger partial charge in [0.2, 0.25) is 0 Å². The number of aromatic nitrogens is 4. The number of hydrogen-bond donors (Lipinski definition) is 3. The van der Waals surface area contributed by atoms with Crippen molar-refractivity contribution in [3.8, 4) is 5.75 Å². The van der Waals surface area contributed by atoms with E-state index in [9.17, 15) is 5.11 Å². The molecule has 0 amide bonds. The van der Waals surface area contributed by atoms with Gasteiger partial charge in [-0.25, -0.2) is 15.0 Å². The predicted molar refractivity (Wildman–Crippen MR) is 92.8 cm³/mol. The van der Waals surface area contributed by atoms with Gasteiger partial charge >= 0.3 is 0 Å². The van der Waals surface area contributed by atoms with Gasteiger partial charge in [-0.05, 0) is 43.5 Å². The molecule has 4 rings (SSSR count). The zero-order valence-electron chi connectivity index (χ0n) is 12.9. The number of phenols is 1. The van der Waals surface area contributed by atoms with Crippen molar-refractivity contribution < 1.29 is 9.84 Å². The van der Waals surface area contributed by atoms with Gasteiger partial charge in [-0.2, -0.15) is 0 Å². The fourth-order valence-electron chi connectivity index (χ4n) is 2.83. The zero-order valence-corrected chi connectivity index (χ0v) is 13.8. The largest absolute Gasteiger partial charge is 0.508 e. The van der Waals surface area contributed by atoms with E-state index in [2.05, 4.69) is 32.9 Å². The summed E-state index contributed by atoms with van der Waals surface area (Å²) in [6, 6.07) is 6.75. The number of fused-ring (bicyclic) bond motifs is 1. The fraction of sp³-hybridized carbons (Fsp3) is 0.312. The van der Waals surface area contributed by atoms with E-state index >= 15 is 0 Å². The summed E-state index contributed by atoms with van der Waals surface area (Å²) in [5, 5.41) is 13.0. The molecule has 1 saturated heterocycles. The minimum Gasteiger partial charge on any atom is -0.508 e. The van der Waals surface area contributed by atoms with Gasteiger partial charge in [0, 0.05) is 12.3 Å². The van der Waals surface area contributed by atoms with E-state index < -0.39 is 0 Å². The molecular weight excluding hydrogens is 326 g/mol. The van der Waals surface area contributed by atoms with Crippen LogP contribution in [0, 0.1) is 0 Å². The lowest BCUT2D eigenvalue weighted by atomic mass is 10.2. The summed E-state index contributed by atoms with van der Waals surface area (Å²) in [5.41, 5.74) is 2.15. The number of nitrogens with one attached hydrogen (secondary N) is 1. The Kier molecular flexibility index (Phi) is 3.99. The molecule has 2 N–H and O–H groups in total. The molecule has 1 fully saturated rings. The molecule has 0 aliphatic carbocycles. The average Bonchev–Trinajstić information content (AvgIpc) is 3.01. The summed E-state index contributed by atoms with van der Waals surface area (Å²) in [4.78, 5) is 13.2. The van der Waals surface area contributed by atoms with Crippen molar-refractivity contribution in [2.24, 2.45) is 0 Å². The van der Waals surface area contributed by atoms with Crippen LogP contribution in [-0.4, -0.2) is 31.2 Å². The van der Waals surface area contributed by atoms with Gasteiger partial charge in [0.25, 0.3) is 0 Å². The maximum absolute atomic E-state index is 9.39. The number of nitrogens with zero attached hydrogens (tertiary/aromatic N) is 4. The van der Waals surface area contributed by atoms with E-state index in [1.807, 2.05) is 4.57 Å². The molecule has 3 aromatic rings. The molecule has 0 spiro atoms. The number of aromatic hydroxyl groups is 1. The molecule has 1 aliphatic rings. The Balaban J connectivity index is 1.73. The van der Waals surface area contributed by atoms with E-state index in [0.717, 1.165) is 31.6 Å². The van der Waals surface area contributed by atoms with Gasteiger partial charge < -0.3 is 15.2 Å². The van der Waals surface area contributed by atoms with E-state index in [4.69, 9.17) is 4.74 Å². The first-order valence-electron chi connectivity index (χ1n) is 7.82. The van der Waals surface area contributed by atoms with Crippen molar-refractivity contribution in [2.75, 3.05) is 11.9 Å². The highest BCUT2D eigenvalue weighted by atomic mass is 32.1. The first-order chi connectivity index (χ1) is 11.7. The van der Waals surface area contributed by atoms with Gasteiger partial charge in [0.05, 0.1) is 6.33 Å². The van der Waals surface area contributed by atoms with E-state index in [1.165, 1.54) is 0 Å². The average molecular weight is 343 g/mol. The lowest BCUT2D eigenvalue weighted by Gasteiger charge is -2.23. The standard InChI is InChI=1S/C16H17N5O2S/c22-11-6-4-10(5-7-11)18-14-13-15(20-16(24)19-14)21(9-17-13)12-3-1-2-8-23-12/h4-7,9,12,22H,1-3,8H2,(H2,18,19,20,24). The highest BCUT2D eigenvalue weighted by Crippen LogP contribution is 2.29. The Hall–Kier alpha value is -2.32. The maximum Gasteiger partial charge on any atom is 0.188 e. The third-order valence-corrected chi connectivity index (χ3v) is 4.21. The number of benzene rings is 1. The quantitative estimate of drug-likeness (QED) is 0.384. The molecule has 1 unspecified atom stereocenters. The van der Waals surface area contributed by atoms with Crippen LogP contribution in [0.15, 0.2) is 35.7 Å². The van der Waals surface area contributed by atoms with Crippen LogP contribution in [0.4, 0.5) is 11.5 Å². The normalized spacial score (nSPS) is 18.0. The number of rotatable bonds is 3. The molecule has 0 bridgehead atoms. The molecule has 1 atom stereocenters. The van der Waals surface area contributed by atoms with Crippen molar-refractivity contribution in [2.45, 2.75) is 30.6 Å². The molecule has 1 aliphatic heterocycles. The number of phenolic OH excluding ortho intramolecular Hbond substituents is 1. The van der Waals surface area contributed by atoms with E-state index in [-0.39, 0.29) is 12.0 Å². The fourth-order valence-corrected chi connectivity index (χ4v) is 3.02. The Morgan fingerprint density at radius 3 is 2.79 bits per heavy atom. The Morgan fingerprint density at radius 2 is 2.04 bits per heavy atom. The Bertz CT molecular complexity index is 859. The molecule has 1 aromatic carbocycles. The molecular formula is C16H17N5O2S. The van der Waals surface area contributed by atoms with Crippen molar-refractivity contribution in [3.05, 3.63) is 30.6 Å². The zero-order chi connectivity index (χ0) is 16.5. The smallest absolute Gasteiger partial charge is 0.188 e. The van der Waals surface area contributed by atoms with Crippen LogP contribution in [0.1, 0.15) is 25.5 Å². The topological polar surface area (TPSA) is 85.1 Å². The lowest BCUT2D eigenvalue weighted by molar-refractivity contribution is -0.0298. The number of imidazole rings is 1. The van der Waals surface area contributed by atoms with Gasteiger partial charge in [-0.1, -0.05) is 0 Å². The molecule has 24 heavy (non-hydrogen) atoms. The number of anilines is 2.